The number of hydrogen-bond acceptors (Lipinski definition) is 2. The first kappa shape index (κ1) is 15.0. The third-order valence-corrected chi connectivity index (χ3v) is 3.09. The van der Waals surface area contributed by atoms with E-state index >= 15 is 0 Å². The molecule has 1 saturated heterocycles. The Labute approximate surface area is 111 Å². The Balaban J connectivity index is 2.45. The molecule has 0 atom stereocenters. The van der Waals surface area contributed by atoms with Crippen LogP contribution in [0.2, 0.25) is 0 Å². The highest BCUT2D eigenvalue weighted by molar-refractivity contribution is 5.57. The third kappa shape index (κ3) is 3.17. The molecule has 1 aliphatic rings. The van der Waals surface area contributed by atoms with Crippen molar-refractivity contribution in [3.05, 3.63) is 29.3 Å². The van der Waals surface area contributed by atoms with E-state index in [4.69, 9.17) is 0 Å². The molecule has 0 bridgehead atoms. The van der Waals surface area contributed by atoms with E-state index in [9.17, 15) is 26.3 Å². The Hall–Kier alpha value is -1.44. The van der Waals surface area contributed by atoms with Gasteiger partial charge in [0.25, 0.3) is 0 Å². The molecular weight excluding hydrogens is 286 g/mol. The highest BCUT2D eigenvalue weighted by atomic mass is 19.4. The highest BCUT2D eigenvalue weighted by Gasteiger charge is 2.39. The number of nitrogens with zero attached hydrogens (tertiary/aromatic N) is 1. The fraction of sp³-hybridized carbons (Fsp3) is 0.500. The van der Waals surface area contributed by atoms with Crippen LogP contribution in [0.1, 0.15) is 11.1 Å². The number of piperazine rings is 1. The van der Waals surface area contributed by atoms with Gasteiger partial charge in [0, 0.05) is 31.9 Å². The van der Waals surface area contributed by atoms with Gasteiger partial charge in [-0.3, -0.25) is 0 Å². The van der Waals surface area contributed by atoms with Crippen LogP contribution in [0, 0.1) is 0 Å². The van der Waals surface area contributed by atoms with Gasteiger partial charge in [-0.2, -0.15) is 26.3 Å². The van der Waals surface area contributed by atoms with Crippen LogP contribution in [-0.4, -0.2) is 26.2 Å². The lowest BCUT2D eigenvalue weighted by Gasteiger charge is -2.31. The molecule has 2 nitrogen and oxygen atoms in total. The van der Waals surface area contributed by atoms with E-state index in [2.05, 4.69) is 5.32 Å². The van der Waals surface area contributed by atoms with Crippen LogP contribution in [0.4, 0.5) is 32.0 Å². The zero-order chi connectivity index (χ0) is 15.0. The molecule has 1 aliphatic heterocycles. The minimum absolute atomic E-state index is 0.178. The highest BCUT2D eigenvalue weighted by Crippen LogP contribution is 2.40. The van der Waals surface area contributed by atoms with E-state index < -0.39 is 23.5 Å². The molecule has 1 aromatic rings. The van der Waals surface area contributed by atoms with E-state index in [-0.39, 0.29) is 11.8 Å². The van der Waals surface area contributed by atoms with Crippen molar-refractivity contribution < 1.29 is 26.3 Å². The monoisotopic (exact) mass is 298 g/mol. The van der Waals surface area contributed by atoms with Crippen LogP contribution in [-0.2, 0) is 12.4 Å². The fourth-order valence-electron chi connectivity index (χ4n) is 2.12. The maximum absolute atomic E-state index is 13.0. The Morgan fingerprint density at radius 3 is 2.00 bits per heavy atom. The summed E-state index contributed by atoms with van der Waals surface area (Å²) in [4.78, 5) is 1.44. The molecule has 0 amide bonds. The van der Waals surface area contributed by atoms with Crippen molar-refractivity contribution in [3.63, 3.8) is 0 Å². The number of halogens is 6. The van der Waals surface area contributed by atoms with Crippen molar-refractivity contribution in [2.75, 3.05) is 31.1 Å². The second-order valence-corrected chi connectivity index (χ2v) is 4.46. The Kier molecular flexibility index (Phi) is 3.86. The fourth-order valence-corrected chi connectivity index (χ4v) is 2.12. The molecule has 1 heterocycles. The Morgan fingerprint density at radius 2 is 1.50 bits per heavy atom. The SMILES string of the molecule is FC(F)(F)c1ccc(N2CCNCC2)c(C(F)(F)F)c1. The van der Waals surface area contributed by atoms with Crippen molar-refractivity contribution in [1.82, 2.24) is 5.32 Å². The topological polar surface area (TPSA) is 15.3 Å². The molecule has 8 heteroatoms. The molecule has 1 N–H and O–H groups in total. The van der Waals surface area contributed by atoms with Gasteiger partial charge >= 0.3 is 12.4 Å². The molecule has 112 valence electrons. The molecule has 0 spiro atoms. The predicted molar refractivity (Wildman–Crippen MR) is 61.5 cm³/mol. The van der Waals surface area contributed by atoms with Gasteiger partial charge in [-0.05, 0) is 18.2 Å². The minimum atomic E-state index is -4.82. The van der Waals surface area contributed by atoms with Crippen LogP contribution in [0.3, 0.4) is 0 Å². The third-order valence-electron chi connectivity index (χ3n) is 3.09. The van der Waals surface area contributed by atoms with E-state index in [1.165, 1.54) is 4.90 Å². The summed E-state index contributed by atoms with van der Waals surface area (Å²) in [5.41, 5.74) is -2.73. The maximum Gasteiger partial charge on any atom is 0.418 e. The zero-order valence-corrected chi connectivity index (χ0v) is 10.3. The van der Waals surface area contributed by atoms with Crippen molar-refractivity contribution in [2.24, 2.45) is 0 Å². The lowest BCUT2D eigenvalue weighted by Crippen LogP contribution is -2.44. The summed E-state index contributed by atoms with van der Waals surface area (Å²) in [5, 5.41) is 2.98. The molecule has 2 rings (SSSR count). The average molecular weight is 298 g/mol. The number of anilines is 1. The first-order valence-corrected chi connectivity index (χ1v) is 5.94. The van der Waals surface area contributed by atoms with E-state index in [0.29, 0.717) is 32.2 Å². The van der Waals surface area contributed by atoms with Gasteiger partial charge in [-0.15, -0.1) is 0 Å². The smallest absolute Gasteiger partial charge is 0.368 e. The molecule has 0 radical (unpaired) electrons. The molecule has 0 unspecified atom stereocenters. The standard InChI is InChI=1S/C12H12F6N2/c13-11(14,15)8-1-2-10(9(7-8)12(16,17)18)20-5-3-19-4-6-20/h1-2,7,19H,3-6H2. The van der Waals surface area contributed by atoms with Crippen LogP contribution < -0.4 is 10.2 Å². The number of hydrogen-bond donors (Lipinski definition) is 1. The first-order chi connectivity index (χ1) is 9.19. The molecule has 20 heavy (non-hydrogen) atoms. The van der Waals surface area contributed by atoms with Crippen molar-refractivity contribution >= 4 is 5.69 Å². The summed E-state index contributed by atoms with van der Waals surface area (Å²) in [7, 11) is 0. The van der Waals surface area contributed by atoms with Gasteiger partial charge in [0.1, 0.15) is 0 Å². The second-order valence-electron chi connectivity index (χ2n) is 4.46. The summed E-state index contributed by atoms with van der Waals surface area (Å²) in [6.45, 7) is 1.65. The van der Waals surface area contributed by atoms with Gasteiger partial charge in [-0.25, -0.2) is 0 Å². The molecule has 1 fully saturated rings. The van der Waals surface area contributed by atoms with Crippen molar-refractivity contribution in [1.29, 1.82) is 0 Å². The Morgan fingerprint density at radius 1 is 0.900 bits per heavy atom. The van der Waals surface area contributed by atoms with E-state index in [0.717, 1.165) is 6.07 Å². The first-order valence-electron chi connectivity index (χ1n) is 5.94. The summed E-state index contributed by atoms with van der Waals surface area (Å²) >= 11 is 0. The van der Waals surface area contributed by atoms with Crippen LogP contribution in [0.5, 0.6) is 0 Å². The van der Waals surface area contributed by atoms with Crippen molar-refractivity contribution in [2.45, 2.75) is 12.4 Å². The van der Waals surface area contributed by atoms with E-state index in [1.54, 1.807) is 0 Å². The zero-order valence-electron chi connectivity index (χ0n) is 10.3. The van der Waals surface area contributed by atoms with Gasteiger partial charge in [-0.1, -0.05) is 0 Å². The number of alkyl halides is 6. The lowest BCUT2D eigenvalue weighted by atomic mass is 10.1. The minimum Gasteiger partial charge on any atom is -0.368 e. The Bertz CT molecular complexity index is 474. The maximum atomic E-state index is 13.0. The van der Waals surface area contributed by atoms with Crippen molar-refractivity contribution in [3.8, 4) is 0 Å². The van der Waals surface area contributed by atoms with Gasteiger partial charge < -0.3 is 10.2 Å². The van der Waals surface area contributed by atoms with Gasteiger partial charge in [0.2, 0.25) is 0 Å². The normalized spacial score (nSPS) is 17.4. The van der Waals surface area contributed by atoms with Crippen LogP contribution in [0.15, 0.2) is 18.2 Å². The lowest BCUT2D eigenvalue weighted by molar-refractivity contribution is -0.142. The quantitative estimate of drug-likeness (QED) is 0.801. The predicted octanol–water partition coefficient (Wildman–Crippen LogP) is 3.13. The molecule has 1 aromatic carbocycles. The summed E-state index contributed by atoms with van der Waals surface area (Å²) in [5.74, 6) is 0. The molecule has 0 aliphatic carbocycles. The summed E-state index contributed by atoms with van der Waals surface area (Å²) < 4.78 is 76.5. The van der Waals surface area contributed by atoms with Crippen LogP contribution >= 0.6 is 0 Å². The van der Waals surface area contributed by atoms with Crippen LogP contribution in [0.25, 0.3) is 0 Å². The molecular formula is C12H12F6N2. The average Bonchev–Trinajstić information content (AvgIpc) is 2.37. The largest absolute Gasteiger partial charge is 0.418 e. The number of benzene rings is 1. The number of rotatable bonds is 1. The second kappa shape index (κ2) is 5.16. The van der Waals surface area contributed by atoms with Gasteiger partial charge in [0.15, 0.2) is 0 Å². The summed E-state index contributed by atoms with van der Waals surface area (Å²) in [6, 6.07) is 1.76. The van der Waals surface area contributed by atoms with E-state index in [1.807, 2.05) is 0 Å². The summed E-state index contributed by atoms with van der Waals surface area (Å²) in [6.07, 6.45) is -9.61. The molecule has 0 aromatic heterocycles. The molecule has 0 saturated carbocycles. The van der Waals surface area contributed by atoms with Gasteiger partial charge in [0.05, 0.1) is 11.1 Å². The number of nitrogens with one attached hydrogen (secondary N) is 1.